The minimum Gasteiger partial charge on any atom is -0.370 e. The van der Waals surface area contributed by atoms with Gasteiger partial charge in [0.05, 0.1) is 5.54 Å². The van der Waals surface area contributed by atoms with Crippen molar-refractivity contribution in [2.45, 2.75) is 45.2 Å². The SMILES string of the molecule is CN(C)C1CCN(C(N)=NC(C)(C)C)CC1. The Labute approximate surface area is 99.5 Å². The summed E-state index contributed by atoms with van der Waals surface area (Å²) in [7, 11) is 4.29. The van der Waals surface area contributed by atoms with Gasteiger partial charge in [0.15, 0.2) is 5.96 Å². The van der Waals surface area contributed by atoms with Crippen LogP contribution in [-0.2, 0) is 0 Å². The Kier molecular flexibility index (Phi) is 4.19. The van der Waals surface area contributed by atoms with Crippen LogP contribution in [0, 0.1) is 0 Å². The summed E-state index contributed by atoms with van der Waals surface area (Å²) in [5, 5.41) is 0. The first kappa shape index (κ1) is 13.3. The monoisotopic (exact) mass is 226 g/mol. The minimum absolute atomic E-state index is 0.0809. The molecule has 0 aromatic heterocycles. The Bertz CT molecular complexity index is 244. The van der Waals surface area contributed by atoms with Gasteiger partial charge in [0, 0.05) is 19.1 Å². The van der Waals surface area contributed by atoms with E-state index in [0.717, 1.165) is 13.1 Å². The summed E-state index contributed by atoms with van der Waals surface area (Å²) in [5.74, 6) is 0.699. The maximum Gasteiger partial charge on any atom is 0.191 e. The molecule has 0 amide bonds. The summed E-state index contributed by atoms with van der Waals surface area (Å²) in [6.07, 6.45) is 2.35. The molecule has 94 valence electrons. The zero-order chi connectivity index (χ0) is 12.3. The Hall–Kier alpha value is -0.770. The van der Waals surface area contributed by atoms with Gasteiger partial charge in [0.2, 0.25) is 0 Å². The number of likely N-dealkylation sites (tertiary alicyclic amines) is 1. The van der Waals surface area contributed by atoms with E-state index in [0.29, 0.717) is 12.0 Å². The Balaban J connectivity index is 2.51. The second-order valence-electron chi connectivity index (χ2n) is 5.82. The Morgan fingerprint density at radius 2 is 1.75 bits per heavy atom. The van der Waals surface area contributed by atoms with Crippen molar-refractivity contribution >= 4 is 5.96 Å². The summed E-state index contributed by atoms with van der Waals surface area (Å²) in [6, 6.07) is 0.693. The van der Waals surface area contributed by atoms with Gasteiger partial charge in [0.25, 0.3) is 0 Å². The fraction of sp³-hybridized carbons (Fsp3) is 0.917. The number of nitrogens with zero attached hydrogens (tertiary/aromatic N) is 3. The number of hydrogen-bond acceptors (Lipinski definition) is 2. The van der Waals surface area contributed by atoms with Crippen LogP contribution < -0.4 is 5.73 Å². The number of piperidine rings is 1. The predicted octanol–water partition coefficient (Wildman–Crippen LogP) is 1.13. The van der Waals surface area contributed by atoms with E-state index in [2.05, 4.69) is 49.7 Å². The van der Waals surface area contributed by atoms with E-state index < -0.39 is 0 Å². The van der Waals surface area contributed by atoms with Gasteiger partial charge < -0.3 is 15.5 Å². The van der Waals surface area contributed by atoms with Crippen LogP contribution in [0.4, 0.5) is 0 Å². The quantitative estimate of drug-likeness (QED) is 0.538. The third-order valence-corrected chi connectivity index (χ3v) is 2.97. The van der Waals surface area contributed by atoms with Crippen LogP contribution in [0.2, 0.25) is 0 Å². The zero-order valence-electron chi connectivity index (χ0n) is 11.3. The van der Waals surface area contributed by atoms with E-state index >= 15 is 0 Å². The topological polar surface area (TPSA) is 44.9 Å². The minimum atomic E-state index is -0.0809. The van der Waals surface area contributed by atoms with E-state index in [4.69, 9.17) is 5.73 Å². The van der Waals surface area contributed by atoms with Gasteiger partial charge in [-0.1, -0.05) is 0 Å². The maximum atomic E-state index is 6.02. The number of aliphatic imine (C=N–C) groups is 1. The summed E-state index contributed by atoms with van der Waals surface area (Å²) in [5.41, 5.74) is 5.94. The molecule has 1 heterocycles. The molecule has 0 bridgehead atoms. The van der Waals surface area contributed by atoms with E-state index in [9.17, 15) is 0 Å². The highest BCUT2D eigenvalue weighted by atomic mass is 15.3. The second-order valence-corrected chi connectivity index (χ2v) is 5.82. The highest BCUT2D eigenvalue weighted by molar-refractivity contribution is 5.78. The van der Waals surface area contributed by atoms with Crippen molar-refractivity contribution < 1.29 is 0 Å². The average molecular weight is 226 g/mol. The number of guanidine groups is 1. The molecule has 0 atom stereocenters. The molecule has 0 spiro atoms. The van der Waals surface area contributed by atoms with E-state index in [1.165, 1.54) is 12.8 Å². The number of nitrogens with two attached hydrogens (primary N) is 1. The van der Waals surface area contributed by atoms with E-state index in [-0.39, 0.29) is 5.54 Å². The average Bonchev–Trinajstić information content (AvgIpc) is 2.15. The number of hydrogen-bond donors (Lipinski definition) is 1. The molecule has 0 unspecified atom stereocenters. The molecule has 1 aliphatic heterocycles. The lowest BCUT2D eigenvalue weighted by Crippen LogP contribution is -2.47. The molecule has 0 saturated carbocycles. The lowest BCUT2D eigenvalue weighted by molar-refractivity contribution is 0.190. The van der Waals surface area contributed by atoms with Crippen LogP contribution in [0.15, 0.2) is 4.99 Å². The molecular formula is C12H26N4. The van der Waals surface area contributed by atoms with Gasteiger partial charge in [-0.3, -0.25) is 0 Å². The molecule has 1 rings (SSSR count). The van der Waals surface area contributed by atoms with Crippen LogP contribution in [-0.4, -0.2) is 54.5 Å². The van der Waals surface area contributed by atoms with Crippen molar-refractivity contribution in [3.8, 4) is 0 Å². The predicted molar refractivity (Wildman–Crippen MR) is 69.7 cm³/mol. The zero-order valence-corrected chi connectivity index (χ0v) is 11.3. The molecule has 4 nitrogen and oxygen atoms in total. The highest BCUT2D eigenvalue weighted by Gasteiger charge is 2.22. The van der Waals surface area contributed by atoms with Crippen molar-refractivity contribution in [1.82, 2.24) is 9.80 Å². The third-order valence-electron chi connectivity index (χ3n) is 2.97. The van der Waals surface area contributed by atoms with E-state index in [1.807, 2.05) is 0 Å². The summed E-state index contributed by atoms with van der Waals surface area (Å²) in [6.45, 7) is 8.27. The molecule has 4 heteroatoms. The third kappa shape index (κ3) is 4.00. The van der Waals surface area contributed by atoms with Crippen LogP contribution in [0.5, 0.6) is 0 Å². The van der Waals surface area contributed by atoms with Gasteiger partial charge in [-0.2, -0.15) is 0 Å². The lowest BCUT2D eigenvalue weighted by atomic mass is 10.0. The fourth-order valence-electron chi connectivity index (χ4n) is 2.03. The molecule has 1 saturated heterocycles. The first-order chi connectivity index (χ1) is 7.29. The number of rotatable bonds is 1. The van der Waals surface area contributed by atoms with Crippen molar-refractivity contribution in [1.29, 1.82) is 0 Å². The molecule has 1 fully saturated rings. The van der Waals surface area contributed by atoms with Crippen molar-refractivity contribution in [3.05, 3.63) is 0 Å². The first-order valence-corrected chi connectivity index (χ1v) is 6.06. The van der Waals surface area contributed by atoms with Crippen LogP contribution >= 0.6 is 0 Å². The largest absolute Gasteiger partial charge is 0.370 e. The van der Waals surface area contributed by atoms with Crippen molar-refractivity contribution in [2.75, 3.05) is 27.2 Å². The summed E-state index contributed by atoms with van der Waals surface area (Å²) < 4.78 is 0. The molecule has 0 aromatic rings. The van der Waals surface area contributed by atoms with E-state index in [1.54, 1.807) is 0 Å². The van der Waals surface area contributed by atoms with Crippen LogP contribution in [0.25, 0.3) is 0 Å². The summed E-state index contributed by atoms with van der Waals surface area (Å²) >= 11 is 0. The van der Waals surface area contributed by atoms with Crippen LogP contribution in [0.1, 0.15) is 33.6 Å². The standard InChI is InChI=1S/C12H26N4/c1-12(2,3)14-11(13)16-8-6-10(7-9-16)15(4)5/h10H,6-9H2,1-5H3,(H2,13,14). The first-order valence-electron chi connectivity index (χ1n) is 6.06. The van der Waals surface area contributed by atoms with Crippen molar-refractivity contribution in [2.24, 2.45) is 10.7 Å². The maximum absolute atomic E-state index is 6.02. The van der Waals surface area contributed by atoms with Gasteiger partial charge in [0.1, 0.15) is 0 Å². The molecule has 1 aliphatic rings. The van der Waals surface area contributed by atoms with Gasteiger partial charge in [-0.25, -0.2) is 4.99 Å². The second kappa shape index (κ2) is 5.04. The highest BCUT2D eigenvalue weighted by Crippen LogP contribution is 2.15. The molecule has 0 aromatic carbocycles. The molecule has 16 heavy (non-hydrogen) atoms. The molecule has 0 aliphatic carbocycles. The Morgan fingerprint density at radius 3 is 2.12 bits per heavy atom. The Morgan fingerprint density at radius 1 is 1.25 bits per heavy atom. The smallest absolute Gasteiger partial charge is 0.191 e. The lowest BCUT2D eigenvalue weighted by Gasteiger charge is -2.36. The summed E-state index contributed by atoms with van der Waals surface area (Å²) in [4.78, 5) is 9.01. The molecule has 2 N–H and O–H groups in total. The van der Waals surface area contributed by atoms with Gasteiger partial charge >= 0.3 is 0 Å². The molecule has 0 radical (unpaired) electrons. The molecular weight excluding hydrogens is 200 g/mol. The normalized spacial score (nSPS) is 20.6. The van der Waals surface area contributed by atoms with Gasteiger partial charge in [-0.15, -0.1) is 0 Å². The van der Waals surface area contributed by atoms with Crippen molar-refractivity contribution in [3.63, 3.8) is 0 Å². The van der Waals surface area contributed by atoms with Crippen LogP contribution in [0.3, 0.4) is 0 Å². The fourth-order valence-corrected chi connectivity index (χ4v) is 2.03. The van der Waals surface area contributed by atoms with Gasteiger partial charge in [-0.05, 0) is 47.7 Å².